The quantitative estimate of drug-likeness (QED) is 0.808. The van der Waals surface area contributed by atoms with Crippen LogP contribution in [0.4, 0.5) is 5.69 Å². The number of rotatable bonds is 5. The molecule has 5 heteroatoms. The summed E-state index contributed by atoms with van der Waals surface area (Å²) in [7, 11) is 1.71. The molecule has 5 nitrogen and oxygen atoms in total. The van der Waals surface area contributed by atoms with Crippen molar-refractivity contribution < 1.29 is 14.3 Å². The Labute approximate surface area is 119 Å². The number of hydrogen-bond acceptors (Lipinski definition) is 4. The molecule has 2 atom stereocenters. The monoisotopic (exact) mass is 278 g/mol. The van der Waals surface area contributed by atoms with E-state index in [9.17, 15) is 4.79 Å². The van der Waals surface area contributed by atoms with Crippen LogP contribution >= 0.6 is 0 Å². The van der Waals surface area contributed by atoms with Crippen LogP contribution in [0, 0.1) is 0 Å². The van der Waals surface area contributed by atoms with Crippen molar-refractivity contribution in [1.29, 1.82) is 0 Å². The zero-order valence-electron chi connectivity index (χ0n) is 12.0. The van der Waals surface area contributed by atoms with Gasteiger partial charge in [0.25, 0.3) is 5.91 Å². The van der Waals surface area contributed by atoms with E-state index in [0.717, 1.165) is 19.3 Å². The number of nitrogens with one attached hydrogen (secondary N) is 1. The average molecular weight is 278 g/mol. The SMILES string of the molecule is CCOc1ccc(C(=O)NC2CCC(OC)C2)cc1N. The van der Waals surface area contributed by atoms with Crippen molar-refractivity contribution in [2.24, 2.45) is 0 Å². The summed E-state index contributed by atoms with van der Waals surface area (Å²) >= 11 is 0. The topological polar surface area (TPSA) is 73.6 Å². The van der Waals surface area contributed by atoms with Gasteiger partial charge in [-0.25, -0.2) is 0 Å². The Morgan fingerprint density at radius 1 is 1.45 bits per heavy atom. The molecule has 2 rings (SSSR count). The molecular formula is C15H22N2O3. The minimum atomic E-state index is -0.0958. The highest BCUT2D eigenvalue weighted by atomic mass is 16.5. The van der Waals surface area contributed by atoms with Crippen molar-refractivity contribution in [3.63, 3.8) is 0 Å². The molecule has 0 spiro atoms. The van der Waals surface area contributed by atoms with Gasteiger partial charge in [0.2, 0.25) is 0 Å². The summed E-state index contributed by atoms with van der Waals surface area (Å²) in [5.74, 6) is 0.519. The van der Waals surface area contributed by atoms with E-state index in [1.54, 1.807) is 25.3 Å². The van der Waals surface area contributed by atoms with E-state index in [4.69, 9.17) is 15.2 Å². The normalized spacial score (nSPS) is 21.7. The van der Waals surface area contributed by atoms with E-state index >= 15 is 0 Å². The largest absolute Gasteiger partial charge is 0.492 e. The van der Waals surface area contributed by atoms with E-state index in [2.05, 4.69) is 5.32 Å². The average Bonchev–Trinajstić information content (AvgIpc) is 2.89. The lowest BCUT2D eigenvalue weighted by Crippen LogP contribution is -2.33. The maximum absolute atomic E-state index is 12.2. The maximum Gasteiger partial charge on any atom is 0.251 e. The highest BCUT2D eigenvalue weighted by Gasteiger charge is 2.26. The molecule has 0 heterocycles. The first-order valence-electron chi connectivity index (χ1n) is 7.00. The van der Waals surface area contributed by atoms with Crippen LogP contribution in [0.25, 0.3) is 0 Å². The number of nitrogen functional groups attached to an aromatic ring is 1. The number of amides is 1. The van der Waals surface area contributed by atoms with Crippen LogP contribution < -0.4 is 15.8 Å². The first kappa shape index (κ1) is 14.7. The second-order valence-corrected chi connectivity index (χ2v) is 5.03. The first-order valence-corrected chi connectivity index (χ1v) is 7.00. The summed E-state index contributed by atoms with van der Waals surface area (Å²) in [6.07, 6.45) is 3.07. The Morgan fingerprint density at radius 3 is 2.85 bits per heavy atom. The van der Waals surface area contributed by atoms with Gasteiger partial charge in [-0.15, -0.1) is 0 Å². The summed E-state index contributed by atoms with van der Waals surface area (Å²) in [6.45, 7) is 2.45. The van der Waals surface area contributed by atoms with Gasteiger partial charge in [-0.1, -0.05) is 0 Å². The Bertz CT molecular complexity index is 476. The Morgan fingerprint density at radius 2 is 2.25 bits per heavy atom. The van der Waals surface area contributed by atoms with Crippen LogP contribution in [0.5, 0.6) is 5.75 Å². The van der Waals surface area contributed by atoms with E-state index in [0.29, 0.717) is 23.6 Å². The molecule has 0 aliphatic heterocycles. The maximum atomic E-state index is 12.2. The van der Waals surface area contributed by atoms with Crippen molar-refractivity contribution in [1.82, 2.24) is 5.32 Å². The number of nitrogens with two attached hydrogens (primary N) is 1. The minimum absolute atomic E-state index is 0.0958. The highest BCUT2D eigenvalue weighted by Crippen LogP contribution is 2.24. The van der Waals surface area contributed by atoms with Gasteiger partial charge in [0.05, 0.1) is 18.4 Å². The zero-order chi connectivity index (χ0) is 14.5. The molecule has 1 aromatic rings. The van der Waals surface area contributed by atoms with Gasteiger partial charge in [0.1, 0.15) is 5.75 Å². The number of carbonyl (C=O) groups is 1. The molecule has 1 aliphatic carbocycles. The van der Waals surface area contributed by atoms with Crippen molar-refractivity contribution in [3.8, 4) is 5.75 Å². The van der Waals surface area contributed by atoms with E-state index < -0.39 is 0 Å². The van der Waals surface area contributed by atoms with Gasteiger partial charge in [0, 0.05) is 18.7 Å². The molecule has 1 fully saturated rings. The van der Waals surface area contributed by atoms with Gasteiger partial charge < -0.3 is 20.5 Å². The Hall–Kier alpha value is -1.75. The molecule has 1 aliphatic rings. The highest BCUT2D eigenvalue weighted by molar-refractivity contribution is 5.95. The third kappa shape index (κ3) is 3.42. The number of ether oxygens (including phenoxy) is 2. The lowest BCUT2D eigenvalue weighted by molar-refractivity contribution is 0.0915. The van der Waals surface area contributed by atoms with Crippen LogP contribution in [-0.4, -0.2) is 31.8 Å². The molecule has 2 unspecified atom stereocenters. The lowest BCUT2D eigenvalue weighted by atomic mass is 10.1. The third-order valence-corrected chi connectivity index (χ3v) is 3.62. The van der Waals surface area contributed by atoms with Gasteiger partial charge >= 0.3 is 0 Å². The number of methoxy groups -OCH3 is 1. The van der Waals surface area contributed by atoms with Crippen LogP contribution in [0.2, 0.25) is 0 Å². The number of hydrogen-bond donors (Lipinski definition) is 2. The predicted molar refractivity (Wildman–Crippen MR) is 77.9 cm³/mol. The van der Waals surface area contributed by atoms with Crippen LogP contribution in [0.3, 0.4) is 0 Å². The van der Waals surface area contributed by atoms with Gasteiger partial charge in [-0.2, -0.15) is 0 Å². The van der Waals surface area contributed by atoms with Crippen LogP contribution in [0.15, 0.2) is 18.2 Å². The summed E-state index contributed by atoms with van der Waals surface area (Å²) < 4.78 is 10.7. The van der Waals surface area contributed by atoms with Crippen LogP contribution in [-0.2, 0) is 4.74 Å². The van der Waals surface area contributed by atoms with Crippen molar-refractivity contribution in [2.45, 2.75) is 38.3 Å². The molecular weight excluding hydrogens is 256 g/mol. The molecule has 0 bridgehead atoms. The summed E-state index contributed by atoms with van der Waals surface area (Å²) in [4.78, 5) is 12.2. The summed E-state index contributed by atoms with van der Waals surface area (Å²) in [6, 6.07) is 5.31. The molecule has 1 aromatic carbocycles. The van der Waals surface area contributed by atoms with Crippen molar-refractivity contribution >= 4 is 11.6 Å². The standard InChI is InChI=1S/C15H22N2O3/c1-3-20-14-7-4-10(8-13(14)16)15(18)17-11-5-6-12(9-11)19-2/h4,7-8,11-12H,3,5-6,9,16H2,1-2H3,(H,17,18). The van der Waals surface area contributed by atoms with E-state index in [-0.39, 0.29) is 18.1 Å². The lowest BCUT2D eigenvalue weighted by Gasteiger charge is -2.14. The van der Waals surface area contributed by atoms with Crippen LogP contribution in [0.1, 0.15) is 36.5 Å². The molecule has 110 valence electrons. The van der Waals surface area contributed by atoms with Gasteiger partial charge in [0.15, 0.2) is 0 Å². The number of anilines is 1. The molecule has 0 saturated heterocycles. The molecule has 1 amide bonds. The zero-order valence-corrected chi connectivity index (χ0v) is 12.0. The second kappa shape index (κ2) is 6.61. The third-order valence-electron chi connectivity index (χ3n) is 3.62. The fourth-order valence-electron chi connectivity index (χ4n) is 2.53. The van der Waals surface area contributed by atoms with Gasteiger partial charge in [-0.3, -0.25) is 4.79 Å². The summed E-state index contributed by atoms with van der Waals surface area (Å²) in [5, 5.41) is 3.02. The molecule has 3 N–H and O–H groups in total. The smallest absolute Gasteiger partial charge is 0.251 e. The Balaban J connectivity index is 1.97. The van der Waals surface area contributed by atoms with Crippen molar-refractivity contribution in [3.05, 3.63) is 23.8 Å². The molecule has 0 aromatic heterocycles. The fourth-order valence-corrected chi connectivity index (χ4v) is 2.53. The van der Waals surface area contributed by atoms with Gasteiger partial charge in [-0.05, 0) is 44.4 Å². The fraction of sp³-hybridized carbons (Fsp3) is 0.533. The van der Waals surface area contributed by atoms with E-state index in [1.807, 2.05) is 6.92 Å². The predicted octanol–water partition coefficient (Wildman–Crippen LogP) is 1.96. The minimum Gasteiger partial charge on any atom is -0.492 e. The second-order valence-electron chi connectivity index (χ2n) is 5.03. The summed E-state index contributed by atoms with van der Waals surface area (Å²) in [5.41, 5.74) is 6.92. The number of benzene rings is 1. The first-order chi connectivity index (χ1) is 9.63. The van der Waals surface area contributed by atoms with Crippen molar-refractivity contribution in [2.75, 3.05) is 19.5 Å². The Kier molecular flexibility index (Phi) is 4.84. The molecule has 0 radical (unpaired) electrons. The number of carbonyl (C=O) groups excluding carboxylic acids is 1. The van der Waals surface area contributed by atoms with E-state index in [1.165, 1.54) is 0 Å². The molecule has 20 heavy (non-hydrogen) atoms. The molecule has 1 saturated carbocycles.